The number of nitrogens with zero attached hydrogens (tertiary/aromatic N) is 1. The van der Waals surface area contributed by atoms with Gasteiger partial charge in [-0.25, -0.2) is 0 Å². The Balaban J connectivity index is 1.66. The second-order valence-corrected chi connectivity index (χ2v) is 6.26. The molecule has 1 saturated heterocycles. The SMILES string of the molecule is CN1[C@@H]2C=C[C@H]1C[C@@H](Sc1ccc(O)cc1)C2. The highest BCUT2D eigenvalue weighted by Crippen LogP contribution is 2.38. The molecule has 0 spiro atoms. The molecule has 0 saturated carbocycles. The van der Waals surface area contributed by atoms with E-state index in [0.29, 0.717) is 23.1 Å². The van der Waals surface area contributed by atoms with Gasteiger partial charge in [0.05, 0.1) is 0 Å². The van der Waals surface area contributed by atoms with E-state index >= 15 is 0 Å². The van der Waals surface area contributed by atoms with Crippen LogP contribution in [0.4, 0.5) is 0 Å². The summed E-state index contributed by atoms with van der Waals surface area (Å²) in [6, 6.07) is 8.81. The molecule has 0 radical (unpaired) electrons. The van der Waals surface area contributed by atoms with Crippen molar-refractivity contribution in [3.63, 3.8) is 0 Å². The van der Waals surface area contributed by atoms with Crippen LogP contribution in [0, 0.1) is 0 Å². The topological polar surface area (TPSA) is 23.5 Å². The van der Waals surface area contributed by atoms with Crippen LogP contribution < -0.4 is 0 Å². The fraction of sp³-hybridized carbons (Fsp3) is 0.429. The summed E-state index contributed by atoms with van der Waals surface area (Å²) in [4.78, 5) is 3.73. The molecule has 1 fully saturated rings. The summed E-state index contributed by atoms with van der Waals surface area (Å²) in [6.45, 7) is 0. The number of hydrogen-bond donors (Lipinski definition) is 1. The van der Waals surface area contributed by atoms with Crippen molar-refractivity contribution in [1.82, 2.24) is 4.90 Å². The van der Waals surface area contributed by atoms with Crippen molar-refractivity contribution in [2.45, 2.75) is 35.1 Å². The Kier molecular flexibility index (Phi) is 2.89. The number of phenols is 1. The maximum absolute atomic E-state index is 9.27. The van der Waals surface area contributed by atoms with Gasteiger partial charge in [0.15, 0.2) is 0 Å². The molecule has 2 aliphatic heterocycles. The summed E-state index contributed by atoms with van der Waals surface area (Å²) < 4.78 is 0. The monoisotopic (exact) mass is 247 g/mol. The zero-order valence-corrected chi connectivity index (χ0v) is 10.7. The Bertz CT molecular complexity index is 412. The van der Waals surface area contributed by atoms with Crippen LogP contribution >= 0.6 is 11.8 Å². The maximum atomic E-state index is 9.27. The third-order valence-electron chi connectivity index (χ3n) is 3.75. The summed E-state index contributed by atoms with van der Waals surface area (Å²) in [5, 5.41) is 9.96. The molecule has 2 bridgehead atoms. The van der Waals surface area contributed by atoms with Crippen molar-refractivity contribution in [3.05, 3.63) is 36.4 Å². The molecule has 17 heavy (non-hydrogen) atoms. The van der Waals surface area contributed by atoms with E-state index in [1.54, 1.807) is 12.1 Å². The Morgan fingerprint density at radius 1 is 1.12 bits per heavy atom. The Hall–Kier alpha value is -0.930. The number of fused-ring (bicyclic) bond motifs is 2. The highest BCUT2D eigenvalue weighted by atomic mass is 32.2. The van der Waals surface area contributed by atoms with Gasteiger partial charge in [-0.3, -0.25) is 4.90 Å². The van der Waals surface area contributed by atoms with E-state index in [4.69, 9.17) is 0 Å². The quantitative estimate of drug-likeness (QED) is 0.813. The molecule has 2 aliphatic rings. The second kappa shape index (κ2) is 4.39. The number of piperidine rings is 1. The van der Waals surface area contributed by atoms with Crippen molar-refractivity contribution in [2.24, 2.45) is 0 Å². The van der Waals surface area contributed by atoms with Crippen LogP contribution in [-0.2, 0) is 0 Å². The highest BCUT2D eigenvalue weighted by molar-refractivity contribution is 8.00. The first-order valence-corrected chi connectivity index (χ1v) is 6.96. The zero-order chi connectivity index (χ0) is 11.8. The first-order chi connectivity index (χ1) is 8.22. The van der Waals surface area contributed by atoms with Crippen molar-refractivity contribution in [3.8, 4) is 5.75 Å². The van der Waals surface area contributed by atoms with E-state index in [-0.39, 0.29) is 0 Å². The maximum Gasteiger partial charge on any atom is 0.115 e. The molecule has 1 aromatic rings. The number of thioether (sulfide) groups is 1. The van der Waals surface area contributed by atoms with Gasteiger partial charge in [0.2, 0.25) is 0 Å². The van der Waals surface area contributed by atoms with Gasteiger partial charge in [-0.1, -0.05) is 12.2 Å². The fourth-order valence-corrected chi connectivity index (χ4v) is 3.98. The highest BCUT2D eigenvalue weighted by Gasteiger charge is 2.34. The van der Waals surface area contributed by atoms with Crippen molar-refractivity contribution >= 4 is 11.8 Å². The fourth-order valence-electron chi connectivity index (χ4n) is 2.71. The van der Waals surface area contributed by atoms with Crippen LogP contribution in [-0.4, -0.2) is 34.4 Å². The third-order valence-corrected chi connectivity index (χ3v) is 5.01. The van der Waals surface area contributed by atoms with Crippen LogP contribution in [0.25, 0.3) is 0 Å². The molecule has 2 heterocycles. The lowest BCUT2D eigenvalue weighted by atomic mass is 10.0. The lowest BCUT2D eigenvalue weighted by Crippen LogP contribution is -2.41. The molecule has 2 nitrogen and oxygen atoms in total. The third kappa shape index (κ3) is 2.22. The van der Waals surface area contributed by atoms with Gasteiger partial charge in [0.1, 0.15) is 5.75 Å². The van der Waals surface area contributed by atoms with Crippen LogP contribution in [0.2, 0.25) is 0 Å². The van der Waals surface area contributed by atoms with Crippen LogP contribution in [0.3, 0.4) is 0 Å². The first kappa shape index (κ1) is 11.2. The average Bonchev–Trinajstić information content (AvgIpc) is 2.55. The van der Waals surface area contributed by atoms with Crippen molar-refractivity contribution < 1.29 is 5.11 Å². The van der Waals surface area contributed by atoms with E-state index in [9.17, 15) is 5.11 Å². The molecule has 1 aromatic carbocycles. The second-order valence-electron chi connectivity index (χ2n) is 4.89. The van der Waals surface area contributed by atoms with E-state index in [0.717, 1.165) is 0 Å². The molecule has 3 rings (SSSR count). The molecule has 0 amide bonds. The van der Waals surface area contributed by atoms with Gasteiger partial charge in [0.25, 0.3) is 0 Å². The van der Waals surface area contributed by atoms with Crippen LogP contribution in [0.15, 0.2) is 41.3 Å². The number of hydrogen-bond acceptors (Lipinski definition) is 3. The average molecular weight is 247 g/mol. The number of likely N-dealkylation sites (N-methyl/N-ethyl adjacent to an activating group) is 1. The van der Waals surface area contributed by atoms with E-state index in [2.05, 4.69) is 24.1 Å². The minimum absolute atomic E-state index is 0.347. The molecular formula is C14H17NOS. The van der Waals surface area contributed by atoms with Gasteiger partial charge in [0, 0.05) is 22.2 Å². The van der Waals surface area contributed by atoms with E-state index < -0.39 is 0 Å². The summed E-state index contributed by atoms with van der Waals surface area (Å²) in [6.07, 6.45) is 7.16. The predicted octanol–water partition coefficient (Wildman–Crippen LogP) is 2.89. The molecule has 0 aliphatic carbocycles. The minimum atomic E-state index is 0.347. The number of benzene rings is 1. The predicted molar refractivity (Wildman–Crippen MR) is 71.5 cm³/mol. The standard InChI is InChI=1S/C14H17NOS/c1-15-10-2-3-11(15)9-14(8-10)17-13-6-4-12(16)5-7-13/h2-7,10-11,14,16H,8-9H2,1H3/t10-,11+,14+. The summed E-state index contributed by atoms with van der Waals surface area (Å²) in [7, 11) is 2.22. The van der Waals surface area contributed by atoms with Crippen molar-refractivity contribution in [2.75, 3.05) is 7.05 Å². The van der Waals surface area contributed by atoms with E-state index in [1.165, 1.54) is 17.7 Å². The Morgan fingerprint density at radius 2 is 1.71 bits per heavy atom. The number of aromatic hydroxyl groups is 1. The molecule has 3 atom stereocenters. The van der Waals surface area contributed by atoms with Gasteiger partial charge >= 0.3 is 0 Å². The molecule has 90 valence electrons. The summed E-state index contributed by atoms with van der Waals surface area (Å²) >= 11 is 1.94. The summed E-state index contributed by atoms with van der Waals surface area (Å²) in [5.74, 6) is 0.347. The molecule has 3 heteroatoms. The first-order valence-electron chi connectivity index (χ1n) is 6.08. The Labute approximate surface area is 106 Å². The lowest BCUT2D eigenvalue weighted by molar-refractivity contribution is 0.200. The molecular weight excluding hydrogens is 230 g/mol. The largest absolute Gasteiger partial charge is 0.508 e. The Morgan fingerprint density at radius 3 is 2.29 bits per heavy atom. The zero-order valence-electron chi connectivity index (χ0n) is 9.91. The van der Waals surface area contributed by atoms with Crippen molar-refractivity contribution in [1.29, 1.82) is 0 Å². The van der Waals surface area contributed by atoms with E-state index in [1.807, 2.05) is 23.9 Å². The number of phenolic OH excluding ortho intramolecular Hbond substituents is 1. The van der Waals surface area contributed by atoms with Gasteiger partial charge in [-0.05, 0) is 44.2 Å². The smallest absolute Gasteiger partial charge is 0.115 e. The van der Waals surface area contributed by atoms with Crippen LogP contribution in [0.5, 0.6) is 5.75 Å². The lowest BCUT2D eigenvalue weighted by Gasteiger charge is -2.36. The molecule has 0 unspecified atom stereocenters. The normalized spacial score (nSPS) is 31.9. The molecule has 1 N–H and O–H groups in total. The summed E-state index contributed by atoms with van der Waals surface area (Å²) in [5.41, 5.74) is 0. The van der Waals surface area contributed by atoms with Crippen LogP contribution in [0.1, 0.15) is 12.8 Å². The minimum Gasteiger partial charge on any atom is -0.508 e. The molecule has 0 aromatic heterocycles. The van der Waals surface area contributed by atoms with Gasteiger partial charge in [-0.15, -0.1) is 11.8 Å². The van der Waals surface area contributed by atoms with Gasteiger partial charge in [-0.2, -0.15) is 0 Å². The number of rotatable bonds is 2. The van der Waals surface area contributed by atoms with Gasteiger partial charge < -0.3 is 5.11 Å².